The van der Waals surface area contributed by atoms with Crippen LogP contribution in [0, 0.1) is 0 Å². The van der Waals surface area contributed by atoms with Crippen molar-refractivity contribution in [1.82, 2.24) is 15.6 Å². The molecule has 1 saturated heterocycles. The summed E-state index contributed by atoms with van der Waals surface area (Å²) in [7, 11) is 0. The van der Waals surface area contributed by atoms with Crippen LogP contribution >= 0.6 is 23.7 Å². The van der Waals surface area contributed by atoms with Gasteiger partial charge < -0.3 is 10.6 Å². The lowest BCUT2D eigenvalue weighted by molar-refractivity contribution is -0.122. The number of nitrogens with zero attached hydrogens (tertiary/aromatic N) is 1. The average molecular weight is 324 g/mol. The Morgan fingerprint density at radius 2 is 2.19 bits per heavy atom. The largest absolute Gasteiger partial charge is 0.349 e. The van der Waals surface area contributed by atoms with Gasteiger partial charge in [-0.2, -0.15) is 0 Å². The monoisotopic (exact) mass is 323 g/mol. The molecule has 1 amide bonds. The Morgan fingerprint density at radius 1 is 1.38 bits per heavy atom. The summed E-state index contributed by atoms with van der Waals surface area (Å²) in [6.07, 6.45) is 2.01. The third-order valence-corrected chi connectivity index (χ3v) is 4.33. The van der Waals surface area contributed by atoms with Crippen molar-refractivity contribution in [1.29, 1.82) is 0 Å². The van der Waals surface area contributed by atoms with Crippen LogP contribution in [0.2, 0.25) is 0 Å². The zero-order valence-corrected chi connectivity index (χ0v) is 13.2. The van der Waals surface area contributed by atoms with Crippen molar-refractivity contribution in [3.63, 3.8) is 0 Å². The lowest BCUT2D eigenvalue weighted by Crippen LogP contribution is -2.40. The van der Waals surface area contributed by atoms with Crippen LogP contribution in [-0.2, 0) is 11.3 Å². The van der Waals surface area contributed by atoms with Gasteiger partial charge in [-0.15, -0.1) is 23.7 Å². The molecule has 0 saturated carbocycles. The molecule has 2 aromatic rings. The van der Waals surface area contributed by atoms with Crippen molar-refractivity contribution >= 4 is 29.7 Å². The topological polar surface area (TPSA) is 54.0 Å². The predicted octanol–water partition coefficient (Wildman–Crippen LogP) is 2.60. The van der Waals surface area contributed by atoms with Crippen LogP contribution in [0.25, 0.3) is 10.6 Å². The molecule has 0 unspecified atom stereocenters. The highest BCUT2D eigenvalue weighted by Crippen LogP contribution is 2.23. The fourth-order valence-electron chi connectivity index (χ4n) is 2.31. The van der Waals surface area contributed by atoms with Crippen LogP contribution in [0.15, 0.2) is 35.7 Å². The Bertz CT molecular complexity index is 582. The van der Waals surface area contributed by atoms with Crippen molar-refractivity contribution in [3.05, 3.63) is 41.4 Å². The number of thiazole rings is 1. The van der Waals surface area contributed by atoms with E-state index in [4.69, 9.17) is 0 Å². The first-order valence-corrected chi connectivity index (χ1v) is 7.72. The van der Waals surface area contributed by atoms with E-state index in [0.29, 0.717) is 6.54 Å². The fraction of sp³-hybridized carbons (Fsp3) is 0.333. The molecule has 2 N–H and O–H groups in total. The summed E-state index contributed by atoms with van der Waals surface area (Å²) in [4.78, 5) is 16.5. The van der Waals surface area contributed by atoms with E-state index >= 15 is 0 Å². The van der Waals surface area contributed by atoms with Crippen molar-refractivity contribution in [3.8, 4) is 10.6 Å². The summed E-state index contributed by atoms with van der Waals surface area (Å²) in [5, 5.41) is 9.14. The Morgan fingerprint density at radius 3 is 2.90 bits per heavy atom. The second-order valence-electron chi connectivity index (χ2n) is 4.88. The molecule has 0 aliphatic carbocycles. The van der Waals surface area contributed by atoms with Gasteiger partial charge in [0.25, 0.3) is 0 Å². The minimum atomic E-state index is -0.0257. The number of aromatic nitrogens is 1. The van der Waals surface area contributed by atoms with Gasteiger partial charge in [-0.1, -0.05) is 30.3 Å². The molecule has 4 nitrogen and oxygen atoms in total. The Balaban J connectivity index is 0.00000161. The molecule has 0 bridgehead atoms. The molecular weight excluding hydrogens is 306 g/mol. The standard InChI is InChI=1S/C15H17N3OS.ClH/c19-14(13-7-4-8-16-13)17-9-12-10-20-15(18-12)11-5-2-1-3-6-11;/h1-3,5-6,10,13,16H,4,7-9H2,(H,17,19);1H/t13-;/m0./s1. The van der Waals surface area contributed by atoms with E-state index in [9.17, 15) is 4.79 Å². The lowest BCUT2D eigenvalue weighted by atomic mass is 10.2. The molecule has 3 rings (SSSR count). The van der Waals surface area contributed by atoms with Gasteiger partial charge in [0, 0.05) is 10.9 Å². The van der Waals surface area contributed by atoms with E-state index < -0.39 is 0 Å². The van der Waals surface area contributed by atoms with Crippen molar-refractivity contribution in [2.75, 3.05) is 6.54 Å². The zero-order chi connectivity index (χ0) is 13.8. The minimum absolute atomic E-state index is 0. The summed E-state index contributed by atoms with van der Waals surface area (Å²) < 4.78 is 0. The number of halogens is 1. The van der Waals surface area contributed by atoms with Gasteiger partial charge in [0.1, 0.15) is 5.01 Å². The van der Waals surface area contributed by atoms with Crippen LogP contribution < -0.4 is 10.6 Å². The maximum atomic E-state index is 11.9. The average Bonchev–Trinajstić information content (AvgIpc) is 3.17. The van der Waals surface area contributed by atoms with Gasteiger partial charge in [-0.3, -0.25) is 4.79 Å². The molecule has 1 atom stereocenters. The van der Waals surface area contributed by atoms with Crippen LogP contribution in [0.3, 0.4) is 0 Å². The number of amides is 1. The van der Waals surface area contributed by atoms with Crippen molar-refractivity contribution in [2.45, 2.75) is 25.4 Å². The maximum Gasteiger partial charge on any atom is 0.237 e. The Hall–Kier alpha value is -1.43. The number of rotatable bonds is 4. The summed E-state index contributed by atoms with van der Waals surface area (Å²) in [5.41, 5.74) is 2.03. The molecule has 1 fully saturated rings. The molecular formula is C15H18ClN3OS. The van der Waals surface area contributed by atoms with Gasteiger partial charge >= 0.3 is 0 Å². The highest BCUT2D eigenvalue weighted by molar-refractivity contribution is 7.13. The molecule has 21 heavy (non-hydrogen) atoms. The van der Waals surface area contributed by atoms with Crippen molar-refractivity contribution < 1.29 is 4.79 Å². The van der Waals surface area contributed by atoms with E-state index in [1.165, 1.54) is 0 Å². The van der Waals surface area contributed by atoms with E-state index in [0.717, 1.165) is 35.7 Å². The minimum Gasteiger partial charge on any atom is -0.349 e. The maximum absolute atomic E-state index is 11.9. The number of carbonyl (C=O) groups excluding carboxylic acids is 1. The third kappa shape index (κ3) is 4.03. The smallest absolute Gasteiger partial charge is 0.237 e. The van der Waals surface area contributed by atoms with Gasteiger partial charge in [-0.25, -0.2) is 4.98 Å². The zero-order valence-electron chi connectivity index (χ0n) is 11.5. The van der Waals surface area contributed by atoms with E-state index in [2.05, 4.69) is 15.6 Å². The molecule has 0 radical (unpaired) electrons. The third-order valence-electron chi connectivity index (χ3n) is 3.39. The number of hydrogen-bond donors (Lipinski definition) is 2. The van der Waals surface area contributed by atoms with Crippen LogP contribution in [-0.4, -0.2) is 23.5 Å². The first-order chi connectivity index (χ1) is 9.83. The molecule has 1 aliphatic rings. The normalized spacial score (nSPS) is 17.2. The first kappa shape index (κ1) is 15.9. The molecule has 6 heteroatoms. The number of benzene rings is 1. The van der Waals surface area contributed by atoms with Crippen LogP contribution in [0.1, 0.15) is 18.5 Å². The second kappa shape index (κ2) is 7.54. The van der Waals surface area contributed by atoms with E-state index in [-0.39, 0.29) is 24.4 Å². The van der Waals surface area contributed by atoms with E-state index in [1.54, 1.807) is 11.3 Å². The van der Waals surface area contributed by atoms with Crippen LogP contribution in [0.4, 0.5) is 0 Å². The summed E-state index contributed by atoms with van der Waals surface area (Å²) in [6, 6.07) is 10.1. The highest BCUT2D eigenvalue weighted by atomic mass is 35.5. The predicted molar refractivity (Wildman–Crippen MR) is 87.7 cm³/mol. The fourth-order valence-corrected chi connectivity index (χ4v) is 3.14. The molecule has 2 heterocycles. The summed E-state index contributed by atoms with van der Waals surface area (Å²) in [6.45, 7) is 1.44. The molecule has 1 aliphatic heterocycles. The second-order valence-corrected chi connectivity index (χ2v) is 5.73. The van der Waals surface area contributed by atoms with Gasteiger partial charge in [0.2, 0.25) is 5.91 Å². The Kier molecular flexibility index (Phi) is 5.73. The van der Waals surface area contributed by atoms with Gasteiger partial charge in [-0.05, 0) is 19.4 Å². The number of carbonyl (C=O) groups is 1. The SMILES string of the molecule is Cl.O=C(NCc1csc(-c2ccccc2)n1)[C@@H]1CCCN1. The van der Waals surface area contributed by atoms with Crippen LogP contribution in [0.5, 0.6) is 0 Å². The van der Waals surface area contributed by atoms with Gasteiger partial charge in [0.05, 0.1) is 18.3 Å². The molecule has 1 aromatic heterocycles. The van der Waals surface area contributed by atoms with E-state index in [1.807, 2.05) is 35.7 Å². The first-order valence-electron chi connectivity index (χ1n) is 6.84. The number of hydrogen-bond acceptors (Lipinski definition) is 4. The van der Waals surface area contributed by atoms with Gasteiger partial charge in [0.15, 0.2) is 0 Å². The molecule has 1 aromatic carbocycles. The summed E-state index contributed by atoms with van der Waals surface area (Å²) in [5.74, 6) is 0.0803. The summed E-state index contributed by atoms with van der Waals surface area (Å²) >= 11 is 1.61. The number of nitrogens with one attached hydrogen (secondary N) is 2. The van der Waals surface area contributed by atoms with Crippen molar-refractivity contribution in [2.24, 2.45) is 0 Å². The highest BCUT2D eigenvalue weighted by Gasteiger charge is 2.21. The molecule has 112 valence electrons. The lowest BCUT2D eigenvalue weighted by Gasteiger charge is -2.09. The Labute approximate surface area is 134 Å². The quantitative estimate of drug-likeness (QED) is 0.909. The molecule has 0 spiro atoms.